The fourth-order valence-corrected chi connectivity index (χ4v) is 1.91. The van der Waals surface area contributed by atoms with Crippen molar-refractivity contribution in [1.82, 2.24) is 9.78 Å². The average Bonchev–Trinajstić information content (AvgIpc) is 2.77. The number of aryl methyl sites for hydroxylation is 1. The molecule has 2 rings (SSSR count). The summed E-state index contributed by atoms with van der Waals surface area (Å²) in [5.74, 6) is 0.712. The molecule has 1 heterocycles. The summed E-state index contributed by atoms with van der Waals surface area (Å²) in [6, 6.07) is 6.63. The number of rotatable bonds is 4. The van der Waals surface area contributed by atoms with Crippen molar-refractivity contribution < 1.29 is 9.53 Å². The average molecular weight is 279 g/mol. The van der Waals surface area contributed by atoms with E-state index in [9.17, 15) is 4.79 Å². The standard InChI is InChI=1S/C14H15ClN2O2/c1-9-13(15)8-17(16-9)10(2)14(18)11-4-6-12(19-3)7-5-11/h4-8,10H,1-3H3. The number of ether oxygens (including phenoxy) is 1. The number of benzene rings is 1. The number of halogens is 1. The number of Topliss-reactive ketones (excluding diaryl/α,β-unsaturated/α-hetero) is 1. The first-order valence-electron chi connectivity index (χ1n) is 5.92. The van der Waals surface area contributed by atoms with E-state index >= 15 is 0 Å². The normalized spacial score (nSPS) is 12.2. The van der Waals surface area contributed by atoms with Crippen LogP contribution in [0.1, 0.15) is 29.0 Å². The molecule has 2 aromatic rings. The van der Waals surface area contributed by atoms with Crippen molar-refractivity contribution in [2.24, 2.45) is 0 Å². The van der Waals surface area contributed by atoms with E-state index in [0.717, 1.165) is 11.4 Å². The number of methoxy groups -OCH3 is 1. The van der Waals surface area contributed by atoms with Crippen molar-refractivity contribution in [2.75, 3.05) is 7.11 Å². The van der Waals surface area contributed by atoms with Crippen LogP contribution in [-0.4, -0.2) is 22.7 Å². The maximum Gasteiger partial charge on any atom is 0.187 e. The van der Waals surface area contributed by atoms with Crippen LogP contribution in [0.2, 0.25) is 5.02 Å². The number of aromatic nitrogens is 2. The number of ketones is 1. The van der Waals surface area contributed by atoms with Crippen LogP contribution in [-0.2, 0) is 0 Å². The first kappa shape index (κ1) is 13.6. The zero-order chi connectivity index (χ0) is 14.0. The van der Waals surface area contributed by atoms with Crippen molar-refractivity contribution in [3.05, 3.63) is 46.7 Å². The van der Waals surface area contributed by atoms with Crippen LogP contribution in [0.5, 0.6) is 5.75 Å². The molecule has 0 radical (unpaired) electrons. The Labute approximate surface area is 116 Å². The molecule has 5 heteroatoms. The van der Waals surface area contributed by atoms with E-state index in [1.54, 1.807) is 49.2 Å². The molecule has 1 atom stereocenters. The SMILES string of the molecule is COc1ccc(C(=O)C(C)n2cc(Cl)c(C)n2)cc1. The van der Waals surface area contributed by atoms with E-state index in [4.69, 9.17) is 16.3 Å². The number of carbonyl (C=O) groups excluding carboxylic acids is 1. The highest BCUT2D eigenvalue weighted by atomic mass is 35.5. The predicted molar refractivity (Wildman–Crippen MR) is 74.0 cm³/mol. The molecule has 0 aliphatic rings. The van der Waals surface area contributed by atoms with E-state index in [0.29, 0.717) is 10.6 Å². The smallest absolute Gasteiger partial charge is 0.187 e. The van der Waals surface area contributed by atoms with Gasteiger partial charge in [0.25, 0.3) is 0 Å². The molecule has 0 aliphatic heterocycles. The van der Waals surface area contributed by atoms with Gasteiger partial charge in [-0.2, -0.15) is 5.10 Å². The van der Waals surface area contributed by atoms with Gasteiger partial charge in [-0.3, -0.25) is 9.48 Å². The van der Waals surface area contributed by atoms with Crippen LogP contribution in [0.15, 0.2) is 30.5 Å². The third-order valence-corrected chi connectivity index (χ3v) is 3.38. The van der Waals surface area contributed by atoms with Gasteiger partial charge in [-0.25, -0.2) is 0 Å². The Morgan fingerprint density at radius 1 is 1.37 bits per heavy atom. The summed E-state index contributed by atoms with van der Waals surface area (Å²) < 4.78 is 6.65. The third-order valence-electron chi connectivity index (χ3n) is 3.01. The molecule has 0 aliphatic carbocycles. The summed E-state index contributed by atoms with van der Waals surface area (Å²) >= 11 is 5.95. The Morgan fingerprint density at radius 2 is 2.00 bits per heavy atom. The van der Waals surface area contributed by atoms with Gasteiger partial charge >= 0.3 is 0 Å². The van der Waals surface area contributed by atoms with Crippen molar-refractivity contribution in [3.8, 4) is 5.75 Å². The topological polar surface area (TPSA) is 44.1 Å². The Balaban J connectivity index is 2.22. The number of hydrogen-bond acceptors (Lipinski definition) is 3. The van der Waals surface area contributed by atoms with Crippen molar-refractivity contribution >= 4 is 17.4 Å². The maximum absolute atomic E-state index is 12.3. The molecule has 4 nitrogen and oxygen atoms in total. The van der Waals surface area contributed by atoms with Gasteiger partial charge in [-0.15, -0.1) is 0 Å². The van der Waals surface area contributed by atoms with Gasteiger partial charge in [0.05, 0.1) is 17.8 Å². The fraction of sp³-hybridized carbons (Fsp3) is 0.286. The van der Waals surface area contributed by atoms with Gasteiger partial charge in [0.15, 0.2) is 5.78 Å². The molecule has 0 fully saturated rings. The summed E-state index contributed by atoms with van der Waals surface area (Å²) in [7, 11) is 1.59. The second-order valence-electron chi connectivity index (χ2n) is 4.31. The molecule has 0 spiro atoms. The molecule has 100 valence electrons. The van der Waals surface area contributed by atoms with Crippen LogP contribution in [0.3, 0.4) is 0 Å². The predicted octanol–water partition coefficient (Wildman–Crippen LogP) is 3.30. The molecule has 0 saturated heterocycles. The number of carbonyl (C=O) groups is 1. The maximum atomic E-state index is 12.3. The van der Waals surface area contributed by atoms with Crippen molar-refractivity contribution in [3.63, 3.8) is 0 Å². The van der Waals surface area contributed by atoms with Crippen LogP contribution in [0.25, 0.3) is 0 Å². The van der Waals surface area contributed by atoms with Crippen LogP contribution >= 0.6 is 11.6 Å². The van der Waals surface area contributed by atoms with Crippen LogP contribution < -0.4 is 4.74 Å². The van der Waals surface area contributed by atoms with E-state index in [2.05, 4.69) is 5.10 Å². The van der Waals surface area contributed by atoms with Gasteiger partial charge in [0, 0.05) is 11.8 Å². The van der Waals surface area contributed by atoms with Crippen LogP contribution in [0, 0.1) is 6.92 Å². The third kappa shape index (κ3) is 2.79. The summed E-state index contributed by atoms with van der Waals surface area (Å²) in [5, 5.41) is 4.79. The summed E-state index contributed by atoms with van der Waals surface area (Å²) in [5.41, 5.74) is 1.34. The molecule has 1 unspecified atom stereocenters. The largest absolute Gasteiger partial charge is 0.497 e. The molecule has 1 aromatic heterocycles. The minimum absolute atomic E-state index is 0.0122. The summed E-state index contributed by atoms with van der Waals surface area (Å²) in [6.45, 7) is 3.61. The zero-order valence-electron chi connectivity index (χ0n) is 11.1. The molecular weight excluding hydrogens is 264 g/mol. The van der Waals surface area contributed by atoms with Crippen molar-refractivity contribution in [2.45, 2.75) is 19.9 Å². The first-order chi connectivity index (χ1) is 9.02. The molecular formula is C14H15ClN2O2. The van der Waals surface area contributed by atoms with E-state index in [1.165, 1.54) is 0 Å². The highest BCUT2D eigenvalue weighted by molar-refractivity contribution is 6.31. The number of hydrogen-bond donors (Lipinski definition) is 0. The minimum atomic E-state index is -0.389. The summed E-state index contributed by atoms with van der Waals surface area (Å²) in [6.07, 6.45) is 1.67. The highest BCUT2D eigenvalue weighted by Crippen LogP contribution is 2.20. The van der Waals surface area contributed by atoms with E-state index in [-0.39, 0.29) is 11.8 Å². The lowest BCUT2D eigenvalue weighted by Gasteiger charge is -2.11. The van der Waals surface area contributed by atoms with Gasteiger partial charge in [-0.1, -0.05) is 11.6 Å². The Bertz CT molecular complexity index is 570. The molecule has 0 N–H and O–H groups in total. The lowest BCUT2D eigenvalue weighted by Crippen LogP contribution is -2.17. The van der Waals surface area contributed by atoms with Gasteiger partial charge in [0.1, 0.15) is 11.8 Å². The van der Waals surface area contributed by atoms with Gasteiger partial charge in [-0.05, 0) is 38.1 Å². The fourth-order valence-electron chi connectivity index (χ4n) is 1.77. The first-order valence-corrected chi connectivity index (χ1v) is 6.30. The molecule has 0 bridgehead atoms. The highest BCUT2D eigenvalue weighted by Gasteiger charge is 2.18. The molecule has 0 amide bonds. The van der Waals surface area contributed by atoms with Gasteiger partial charge < -0.3 is 4.74 Å². The lowest BCUT2D eigenvalue weighted by atomic mass is 10.1. The van der Waals surface area contributed by atoms with Gasteiger partial charge in [0.2, 0.25) is 0 Å². The Morgan fingerprint density at radius 3 is 2.47 bits per heavy atom. The molecule has 0 saturated carbocycles. The number of nitrogens with zero attached hydrogens (tertiary/aromatic N) is 2. The quantitative estimate of drug-likeness (QED) is 0.806. The lowest BCUT2D eigenvalue weighted by molar-refractivity contribution is 0.0928. The van der Waals surface area contributed by atoms with Crippen molar-refractivity contribution in [1.29, 1.82) is 0 Å². The second kappa shape index (κ2) is 5.45. The van der Waals surface area contributed by atoms with E-state index in [1.807, 2.05) is 6.92 Å². The van der Waals surface area contributed by atoms with E-state index < -0.39 is 0 Å². The Hall–Kier alpha value is -1.81. The molecule has 19 heavy (non-hydrogen) atoms. The monoisotopic (exact) mass is 278 g/mol. The van der Waals surface area contributed by atoms with Crippen LogP contribution in [0.4, 0.5) is 0 Å². The Kier molecular flexibility index (Phi) is 3.90. The summed E-state index contributed by atoms with van der Waals surface area (Å²) in [4.78, 5) is 12.3. The molecule has 1 aromatic carbocycles. The zero-order valence-corrected chi connectivity index (χ0v) is 11.8. The second-order valence-corrected chi connectivity index (χ2v) is 4.72. The minimum Gasteiger partial charge on any atom is -0.497 e.